The van der Waals surface area contributed by atoms with Crippen LogP contribution >= 0.6 is 0 Å². The zero-order valence-corrected chi connectivity index (χ0v) is 11.3. The maximum absolute atomic E-state index is 2.49. The molecule has 1 aromatic rings. The molecular weight excluding hydrogens is 206 g/mol. The van der Waals surface area contributed by atoms with Crippen LogP contribution in [0.25, 0.3) is 0 Å². The molecular formula is C16H23N. The van der Waals surface area contributed by atoms with Crippen LogP contribution in [0.4, 0.5) is 0 Å². The topological polar surface area (TPSA) is 3.24 Å². The highest BCUT2D eigenvalue weighted by molar-refractivity contribution is 5.43. The first-order valence-electron chi connectivity index (χ1n) is 6.90. The lowest BCUT2D eigenvalue weighted by atomic mass is 9.85. The van der Waals surface area contributed by atoms with Crippen molar-refractivity contribution < 1.29 is 0 Å². The molecule has 0 aromatic heterocycles. The minimum atomic E-state index is 0.540. The second-order valence-corrected chi connectivity index (χ2v) is 6.54. The van der Waals surface area contributed by atoms with E-state index in [9.17, 15) is 0 Å². The fourth-order valence-corrected chi connectivity index (χ4v) is 3.42. The Hall–Kier alpha value is -0.820. The fourth-order valence-electron chi connectivity index (χ4n) is 3.42. The molecule has 0 amide bonds. The number of hydrogen-bond donors (Lipinski definition) is 0. The van der Waals surface area contributed by atoms with Gasteiger partial charge >= 0.3 is 0 Å². The Bertz CT molecular complexity index is 429. The molecule has 1 aliphatic heterocycles. The lowest BCUT2D eigenvalue weighted by molar-refractivity contribution is 0.271. The minimum absolute atomic E-state index is 0.540. The summed E-state index contributed by atoms with van der Waals surface area (Å²) in [5.74, 6) is 0.754. The average Bonchev–Trinajstić information content (AvgIpc) is 2.96. The van der Waals surface area contributed by atoms with Gasteiger partial charge in [-0.3, -0.25) is 0 Å². The first-order chi connectivity index (χ1) is 8.09. The van der Waals surface area contributed by atoms with Crippen molar-refractivity contribution in [1.82, 2.24) is 4.90 Å². The maximum atomic E-state index is 2.49. The van der Waals surface area contributed by atoms with Gasteiger partial charge in [0.25, 0.3) is 0 Å². The summed E-state index contributed by atoms with van der Waals surface area (Å²) >= 11 is 0. The molecule has 1 spiro atoms. The van der Waals surface area contributed by atoms with Gasteiger partial charge in [0, 0.05) is 18.5 Å². The number of likely N-dealkylation sites (N-methyl/N-ethyl adjacent to an activating group) is 1. The number of fused-ring (bicyclic) bond motifs is 2. The summed E-state index contributed by atoms with van der Waals surface area (Å²) in [6, 6.07) is 7.25. The summed E-state index contributed by atoms with van der Waals surface area (Å²) in [5.41, 5.74) is 5.31. The molecule has 92 valence electrons. The van der Waals surface area contributed by atoms with Gasteiger partial charge in [0.1, 0.15) is 0 Å². The fraction of sp³-hybridized carbons (Fsp3) is 0.625. The Balaban J connectivity index is 1.94. The SMILES string of the molecule is CC(C)Cc1ccc2c(c1)CN(C)CC21CC1. The van der Waals surface area contributed by atoms with Crippen molar-refractivity contribution in [1.29, 1.82) is 0 Å². The van der Waals surface area contributed by atoms with Crippen LogP contribution in [0.5, 0.6) is 0 Å². The molecule has 1 aromatic carbocycles. The quantitative estimate of drug-likeness (QED) is 0.751. The summed E-state index contributed by atoms with van der Waals surface area (Å²) < 4.78 is 0. The van der Waals surface area contributed by atoms with Gasteiger partial charge in [-0.2, -0.15) is 0 Å². The van der Waals surface area contributed by atoms with Crippen LogP contribution in [0.2, 0.25) is 0 Å². The van der Waals surface area contributed by atoms with E-state index in [2.05, 4.69) is 44.0 Å². The average molecular weight is 229 g/mol. The molecule has 0 unspecified atom stereocenters. The normalized spacial score (nSPS) is 21.9. The molecule has 0 bridgehead atoms. The molecule has 17 heavy (non-hydrogen) atoms. The largest absolute Gasteiger partial charge is 0.301 e. The Labute approximate surface area is 105 Å². The molecule has 1 fully saturated rings. The maximum Gasteiger partial charge on any atom is 0.0234 e. The molecule has 0 radical (unpaired) electrons. The van der Waals surface area contributed by atoms with E-state index in [0.29, 0.717) is 5.41 Å². The third kappa shape index (κ3) is 2.01. The predicted octanol–water partition coefficient (Wildman–Crippen LogP) is 3.36. The van der Waals surface area contributed by atoms with E-state index < -0.39 is 0 Å². The third-order valence-electron chi connectivity index (χ3n) is 4.25. The van der Waals surface area contributed by atoms with Crippen LogP contribution in [0.3, 0.4) is 0 Å². The summed E-state index contributed by atoms with van der Waals surface area (Å²) in [7, 11) is 2.26. The Kier molecular flexibility index (Phi) is 2.55. The second kappa shape index (κ2) is 3.84. The molecule has 1 saturated carbocycles. The summed E-state index contributed by atoms with van der Waals surface area (Å²) in [6.45, 7) is 7.01. The Morgan fingerprint density at radius 3 is 2.71 bits per heavy atom. The highest BCUT2D eigenvalue weighted by Gasteiger charge is 2.48. The molecule has 0 atom stereocenters. The number of benzene rings is 1. The molecule has 1 heterocycles. The van der Waals surface area contributed by atoms with Gasteiger partial charge in [-0.1, -0.05) is 32.0 Å². The van der Waals surface area contributed by atoms with Gasteiger partial charge in [0.2, 0.25) is 0 Å². The lowest BCUT2D eigenvalue weighted by Gasteiger charge is -2.33. The van der Waals surface area contributed by atoms with E-state index in [1.807, 2.05) is 0 Å². The molecule has 1 heteroatoms. The zero-order chi connectivity index (χ0) is 12.0. The summed E-state index contributed by atoms with van der Waals surface area (Å²) in [4.78, 5) is 2.49. The second-order valence-electron chi connectivity index (χ2n) is 6.54. The van der Waals surface area contributed by atoms with Crippen molar-refractivity contribution >= 4 is 0 Å². The van der Waals surface area contributed by atoms with E-state index >= 15 is 0 Å². The monoisotopic (exact) mass is 229 g/mol. The van der Waals surface area contributed by atoms with Crippen molar-refractivity contribution in [2.45, 2.75) is 45.1 Å². The molecule has 0 N–H and O–H groups in total. The zero-order valence-electron chi connectivity index (χ0n) is 11.3. The number of rotatable bonds is 2. The van der Waals surface area contributed by atoms with Gasteiger partial charge in [-0.15, -0.1) is 0 Å². The first-order valence-corrected chi connectivity index (χ1v) is 6.90. The minimum Gasteiger partial charge on any atom is -0.301 e. The highest BCUT2D eigenvalue weighted by atomic mass is 15.1. The van der Waals surface area contributed by atoms with Gasteiger partial charge in [-0.25, -0.2) is 0 Å². The molecule has 1 aliphatic carbocycles. The van der Waals surface area contributed by atoms with Crippen molar-refractivity contribution in [2.75, 3.05) is 13.6 Å². The molecule has 0 saturated heterocycles. The van der Waals surface area contributed by atoms with E-state index in [1.54, 1.807) is 11.1 Å². The van der Waals surface area contributed by atoms with E-state index in [1.165, 1.54) is 31.4 Å². The number of hydrogen-bond acceptors (Lipinski definition) is 1. The van der Waals surface area contributed by atoms with E-state index in [-0.39, 0.29) is 0 Å². The van der Waals surface area contributed by atoms with Crippen LogP contribution in [0, 0.1) is 5.92 Å². The van der Waals surface area contributed by atoms with E-state index in [0.717, 1.165) is 12.5 Å². The van der Waals surface area contributed by atoms with Gasteiger partial charge < -0.3 is 4.90 Å². The standard InChI is InChI=1S/C16H23N/c1-12(2)8-13-4-5-15-14(9-13)10-17(3)11-16(15)6-7-16/h4-5,9,12H,6-8,10-11H2,1-3H3. The summed E-state index contributed by atoms with van der Waals surface area (Å²) in [5, 5.41) is 0. The van der Waals surface area contributed by atoms with Crippen LogP contribution in [0.15, 0.2) is 18.2 Å². The van der Waals surface area contributed by atoms with Gasteiger partial charge in [0.05, 0.1) is 0 Å². The first kappa shape index (κ1) is 11.3. The summed E-state index contributed by atoms with van der Waals surface area (Å²) in [6.07, 6.45) is 4.01. The number of nitrogens with zero attached hydrogens (tertiary/aromatic N) is 1. The molecule has 1 nitrogen and oxygen atoms in total. The van der Waals surface area contributed by atoms with Crippen molar-refractivity contribution in [2.24, 2.45) is 5.92 Å². The molecule has 3 rings (SSSR count). The van der Waals surface area contributed by atoms with E-state index in [4.69, 9.17) is 0 Å². The van der Waals surface area contributed by atoms with Gasteiger partial charge in [-0.05, 0) is 48.9 Å². The Morgan fingerprint density at radius 2 is 2.06 bits per heavy atom. The van der Waals surface area contributed by atoms with Crippen LogP contribution in [-0.4, -0.2) is 18.5 Å². The van der Waals surface area contributed by atoms with Crippen molar-refractivity contribution in [3.05, 3.63) is 34.9 Å². The van der Waals surface area contributed by atoms with Crippen LogP contribution in [0.1, 0.15) is 43.4 Å². The predicted molar refractivity (Wildman–Crippen MR) is 72.2 cm³/mol. The third-order valence-corrected chi connectivity index (χ3v) is 4.25. The van der Waals surface area contributed by atoms with Crippen LogP contribution < -0.4 is 0 Å². The Morgan fingerprint density at radius 1 is 1.29 bits per heavy atom. The highest BCUT2D eigenvalue weighted by Crippen LogP contribution is 2.52. The van der Waals surface area contributed by atoms with Gasteiger partial charge in [0.15, 0.2) is 0 Å². The van der Waals surface area contributed by atoms with Crippen molar-refractivity contribution in [3.8, 4) is 0 Å². The molecule has 2 aliphatic rings. The smallest absolute Gasteiger partial charge is 0.0234 e. The van der Waals surface area contributed by atoms with Crippen molar-refractivity contribution in [3.63, 3.8) is 0 Å². The lowest BCUT2D eigenvalue weighted by Crippen LogP contribution is -2.35. The van der Waals surface area contributed by atoms with Crippen LogP contribution in [-0.2, 0) is 18.4 Å².